The number of anilines is 1. The van der Waals surface area contributed by atoms with Crippen molar-refractivity contribution in [3.63, 3.8) is 0 Å². The highest BCUT2D eigenvalue weighted by Gasteiger charge is 2.48. The van der Waals surface area contributed by atoms with Crippen LogP contribution in [0, 0.1) is 0 Å². The molecule has 1 fully saturated rings. The van der Waals surface area contributed by atoms with Crippen LogP contribution < -0.4 is 15.0 Å². The molecule has 1 aliphatic rings. The summed E-state index contributed by atoms with van der Waals surface area (Å²) in [6, 6.07) is 5.46. The maximum atomic E-state index is 13.7. The molecule has 0 radical (unpaired) electrons. The van der Waals surface area contributed by atoms with Crippen LogP contribution in [0.3, 0.4) is 0 Å². The van der Waals surface area contributed by atoms with Gasteiger partial charge in [0.15, 0.2) is 6.04 Å². The van der Waals surface area contributed by atoms with Gasteiger partial charge in [-0.2, -0.15) is 13.2 Å². The molecule has 1 heterocycles. The molecule has 0 spiro atoms. The Kier molecular flexibility index (Phi) is 7.48. The zero-order valence-electron chi connectivity index (χ0n) is 16.7. The Morgan fingerprint density at radius 3 is 2.52 bits per heavy atom. The number of carbonyl (C=O) groups excluding carboxylic acids is 2. The standard InChI is InChI=1S/C21H22ClF3N2O3S/c1-30-16-10-9-13(22)12-15(16)27(20(29)21(23,24)25)18(17-8-5-11-31-17)19(28)26-14-6-3-2-4-7-14/h5,8-12,14,18H,2-4,6-7H2,1H3,(H,26,28)/t18-/m0/s1. The van der Waals surface area contributed by atoms with Gasteiger partial charge in [0.1, 0.15) is 5.75 Å². The van der Waals surface area contributed by atoms with Crippen LogP contribution in [0.1, 0.15) is 43.0 Å². The first-order valence-electron chi connectivity index (χ1n) is 9.80. The molecule has 0 bridgehead atoms. The Labute approximate surface area is 187 Å². The van der Waals surface area contributed by atoms with E-state index in [0.29, 0.717) is 9.78 Å². The number of rotatable bonds is 6. The molecule has 0 unspecified atom stereocenters. The Morgan fingerprint density at radius 1 is 1.23 bits per heavy atom. The number of halogens is 4. The largest absolute Gasteiger partial charge is 0.495 e. The minimum absolute atomic E-state index is 0.00553. The molecule has 1 aromatic carbocycles. The van der Waals surface area contributed by atoms with Gasteiger partial charge in [-0.25, -0.2) is 0 Å². The third-order valence-electron chi connectivity index (χ3n) is 5.13. The van der Waals surface area contributed by atoms with Crippen LogP contribution in [-0.2, 0) is 9.59 Å². The first-order chi connectivity index (χ1) is 14.7. The third kappa shape index (κ3) is 5.51. The van der Waals surface area contributed by atoms with E-state index in [9.17, 15) is 22.8 Å². The number of thiophene rings is 1. The second kappa shape index (κ2) is 9.91. The second-order valence-electron chi connectivity index (χ2n) is 7.25. The molecule has 1 N–H and O–H groups in total. The van der Waals surface area contributed by atoms with Crippen LogP contribution in [0.5, 0.6) is 5.75 Å². The van der Waals surface area contributed by atoms with Gasteiger partial charge in [0, 0.05) is 15.9 Å². The number of alkyl halides is 3. The average Bonchev–Trinajstić information content (AvgIpc) is 3.25. The number of amides is 2. The first kappa shape index (κ1) is 23.4. The van der Waals surface area contributed by atoms with E-state index in [4.69, 9.17) is 16.3 Å². The van der Waals surface area contributed by atoms with Crippen molar-refractivity contribution in [1.29, 1.82) is 0 Å². The van der Waals surface area contributed by atoms with Gasteiger partial charge < -0.3 is 10.1 Å². The van der Waals surface area contributed by atoms with Gasteiger partial charge >= 0.3 is 12.1 Å². The lowest BCUT2D eigenvalue weighted by atomic mass is 9.95. The number of benzene rings is 1. The maximum Gasteiger partial charge on any atom is 0.471 e. The highest BCUT2D eigenvalue weighted by Crippen LogP contribution is 2.40. The van der Waals surface area contributed by atoms with Crippen molar-refractivity contribution in [3.05, 3.63) is 45.6 Å². The second-order valence-corrected chi connectivity index (χ2v) is 8.67. The van der Waals surface area contributed by atoms with Gasteiger partial charge in [-0.15, -0.1) is 11.3 Å². The van der Waals surface area contributed by atoms with Gasteiger partial charge in [-0.3, -0.25) is 14.5 Å². The first-order valence-corrected chi connectivity index (χ1v) is 11.1. The van der Waals surface area contributed by atoms with E-state index in [0.717, 1.165) is 43.4 Å². The summed E-state index contributed by atoms with van der Waals surface area (Å²) in [6.07, 6.45) is -0.801. The number of hydrogen-bond donors (Lipinski definition) is 1. The minimum atomic E-state index is -5.21. The Bertz CT molecular complexity index is 915. The lowest BCUT2D eigenvalue weighted by Crippen LogP contribution is -2.50. The van der Waals surface area contributed by atoms with Gasteiger partial charge in [0.25, 0.3) is 0 Å². The molecule has 5 nitrogen and oxygen atoms in total. The summed E-state index contributed by atoms with van der Waals surface area (Å²) in [5, 5.41) is 4.59. The number of carbonyl (C=O) groups is 2. The quantitative estimate of drug-likeness (QED) is 0.601. The maximum absolute atomic E-state index is 13.7. The van der Waals surface area contributed by atoms with Crippen molar-refractivity contribution in [2.75, 3.05) is 12.0 Å². The summed E-state index contributed by atoms with van der Waals surface area (Å²) in [5.41, 5.74) is -0.227. The van der Waals surface area contributed by atoms with Crippen LogP contribution in [0.25, 0.3) is 0 Å². The van der Waals surface area contributed by atoms with E-state index in [1.54, 1.807) is 11.4 Å². The summed E-state index contributed by atoms with van der Waals surface area (Å²) in [5.74, 6) is -2.85. The molecule has 168 valence electrons. The van der Waals surface area contributed by atoms with Crippen molar-refractivity contribution in [3.8, 4) is 5.75 Å². The lowest BCUT2D eigenvalue weighted by Gasteiger charge is -2.33. The SMILES string of the molecule is COc1ccc(Cl)cc1N(C(=O)C(F)(F)F)[C@H](C(=O)NC1CCCCC1)c1cccs1. The predicted octanol–water partition coefficient (Wildman–Crippen LogP) is 5.50. The van der Waals surface area contributed by atoms with Crippen LogP contribution in [-0.4, -0.2) is 31.1 Å². The monoisotopic (exact) mass is 474 g/mol. The molecule has 1 aromatic heterocycles. The van der Waals surface area contributed by atoms with E-state index in [-0.39, 0.29) is 22.5 Å². The van der Waals surface area contributed by atoms with Crippen molar-refractivity contribution >= 4 is 40.4 Å². The van der Waals surface area contributed by atoms with Gasteiger partial charge in [-0.05, 0) is 42.5 Å². The molecule has 2 amide bonds. The average molecular weight is 475 g/mol. The predicted molar refractivity (Wildman–Crippen MR) is 114 cm³/mol. The number of methoxy groups -OCH3 is 1. The zero-order valence-corrected chi connectivity index (χ0v) is 18.3. The molecule has 1 atom stereocenters. The Morgan fingerprint density at radius 2 is 1.94 bits per heavy atom. The van der Waals surface area contributed by atoms with Crippen molar-refractivity contribution in [1.82, 2.24) is 5.32 Å². The summed E-state index contributed by atoms with van der Waals surface area (Å²) in [4.78, 5) is 26.6. The molecule has 10 heteroatoms. The van der Waals surface area contributed by atoms with Crippen molar-refractivity contribution in [2.24, 2.45) is 0 Å². The summed E-state index contributed by atoms with van der Waals surface area (Å²) in [6.45, 7) is 0. The van der Waals surface area contributed by atoms with E-state index >= 15 is 0 Å². The molecule has 1 aliphatic carbocycles. The number of nitrogens with zero attached hydrogens (tertiary/aromatic N) is 1. The number of hydrogen-bond acceptors (Lipinski definition) is 4. The van der Waals surface area contributed by atoms with Crippen LogP contribution in [0.15, 0.2) is 35.7 Å². The Balaban J connectivity index is 2.10. The smallest absolute Gasteiger partial charge is 0.471 e. The zero-order chi connectivity index (χ0) is 22.6. The fraction of sp³-hybridized carbons (Fsp3) is 0.429. The van der Waals surface area contributed by atoms with E-state index in [1.807, 2.05) is 0 Å². The fourth-order valence-electron chi connectivity index (χ4n) is 3.70. The molecule has 2 aromatic rings. The lowest BCUT2D eigenvalue weighted by molar-refractivity contribution is -0.171. The minimum Gasteiger partial charge on any atom is -0.495 e. The molecule has 0 saturated heterocycles. The fourth-order valence-corrected chi connectivity index (χ4v) is 4.68. The highest BCUT2D eigenvalue weighted by atomic mass is 35.5. The molecular formula is C21H22ClF3N2O3S. The van der Waals surface area contributed by atoms with Gasteiger partial charge in [0.05, 0.1) is 12.8 Å². The summed E-state index contributed by atoms with van der Waals surface area (Å²) in [7, 11) is 1.27. The van der Waals surface area contributed by atoms with Crippen molar-refractivity contribution < 1.29 is 27.5 Å². The molecule has 31 heavy (non-hydrogen) atoms. The normalized spacial score (nSPS) is 15.9. The number of nitrogens with one attached hydrogen (secondary N) is 1. The highest BCUT2D eigenvalue weighted by molar-refractivity contribution is 7.10. The summed E-state index contributed by atoms with van der Waals surface area (Å²) >= 11 is 7.12. The molecule has 1 saturated carbocycles. The van der Waals surface area contributed by atoms with Crippen LogP contribution >= 0.6 is 22.9 Å². The van der Waals surface area contributed by atoms with Gasteiger partial charge in [0.2, 0.25) is 5.91 Å². The number of ether oxygens (including phenoxy) is 1. The Hall–Kier alpha value is -2.26. The molecule has 3 rings (SSSR count). The van der Waals surface area contributed by atoms with E-state index < -0.39 is 24.0 Å². The molecule has 0 aliphatic heterocycles. The van der Waals surface area contributed by atoms with Crippen LogP contribution in [0.4, 0.5) is 18.9 Å². The van der Waals surface area contributed by atoms with E-state index in [1.165, 1.54) is 31.4 Å². The van der Waals surface area contributed by atoms with Crippen LogP contribution in [0.2, 0.25) is 5.02 Å². The summed E-state index contributed by atoms with van der Waals surface area (Å²) < 4.78 is 46.1. The van der Waals surface area contributed by atoms with E-state index in [2.05, 4.69) is 5.32 Å². The third-order valence-corrected chi connectivity index (χ3v) is 6.29. The van der Waals surface area contributed by atoms with Gasteiger partial charge in [-0.1, -0.05) is 36.9 Å². The topological polar surface area (TPSA) is 58.6 Å². The molecular weight excluding hydrogens is 453 g/mol. The van der Waals surface area contributed by atoms with Crippen molar-refractivity contribution in [2.45, 2.75) is 50.4 Å².